The van der Waals surface area contributed by atoms with Crippen LogP contribution in [-0.4, -0.2) is 0 Å². The van der Waals surface area contributed by atoms with E-state index in [0.29, 0.717) is 23.9 Å². The molecule has 2 aliphatic carbocycles. The van der Waals surface area contributed by atoms with E-state index in [-0.39, 0.29) is 0 Å². The van der Waals surface area contributed by atoms with E-state index in [9.17, 15) is 0 Å². The average molecular weight is 428 g/mol. The number of nitrogens with zero attached hydrogens (tertiary/aromatic N) is 1. The zero-order valence-corrected chi connectivity index (χ0v) is 20.5. The van der Waals surface area contributed by atoms with Gasteiger partial charge in [-0.25, -0.2) is 4.57 Å². The molecule has 1 heteroatoms. The summed E-state index contributed by atoms with van der Waals surface area (Å²) in [5, 5.41) is 2.49. The SMILES string of the molecule is [2H]c1cc2cc(CC(C)C)ccc2c(-c2cc(C3CCCC3)cc(C3CCCC3)c2C)[n+]1C. The monoisotopic (exact) mass is 427 g/mol. The van der Waals surface area contributed by atoms with Crippen LogP contribution < -0.4 is 4.57 Å². The average Bonchev–Trinajstić information content (AvgIpc) is 3.49. The van der Waals surface area contributed by atoms with Crippen LogP contribution in [-0.2, 0) is 13.5 Å². The molecule has 168 valence electrons. The Bertz CT molecular complexity index is 1160. The number of hydrogen-bond donors (Lipinski definition) is 0. The maximum Gasteiger partial charge on any atom is 0.220 e. The molecule has 1 aromatic heterocycles. The lowest BCUT2D eigenvalue weighted by Gasteiger charge is -2.21. The van der Waals surface area contributed by atoms with Crippen molar-refractivity contribution >= 4 is 10.8 Å². The van der Waals surface area contributed by atoms with E-state index in [1.54, 1.807) is 11.1 Å². The maximum atomic E-state index is 8.78. The Kier molecular flexibility index (Phi) is 5.76. The van der Waals surface area contributed by atoms with E-state index in [0.717, 1.165) is 6.42 Å². The Labute approximate surface area is 196 Å². The van der Waals surface area contributed by atoms with Crippen LogP contribution in [0, 0.1) is 12.8 Å². The summed E-state index contributed by atoms with van der Waals surface area (Å²) < 4.78 is 10.9. The lowest BCUT2D eigenvalue weighted by atomic mass is 9.83. The zero-order valence-electron chi connectivity index (χ0n) is 21.5. The van der Waals surface area contributed by atoms with Crippen LogP contribution in [0.3, 0.4) is 0 Å². The van der Waals surface area contributed by atoms with Crippen LogP contribution in [0.2, 0.25) is 0 Å². The van der Waals surface area contributed by atoms with E-state index in [2.05, 4.69) is 68.8 Å². The highest BCUT2D eigenvalue weighted by Gasteiger charge is 2.27. The third kappa shape index (κ3) is 4.12. The van der Waals surface area contributed by atoms with E-state index in [1.165, 1.54) is 84.5 Å². The number of rotatable bonds is 5. The number of aromatic nitrogens is 1. The van der Waals surface area contributed by atoms with Gasteiger partial charge in [0.05, 0.1) is 10.9 Å². The molecule has 2 fully saturated rings. The summed E-state index contributed by atoms with van der Waals surface area (Å²) in [6.07, 6.45) is 12.5. The van der Waals surface area contributed by atoms with Gasteiger partial charge in [0.2, 0.25) is 5.69 Å². The van der Waals surface area contributed by atoms with Gasteiger partial charge in [-0.3, -0.25) is 0 Å². The second-order valence-electron chi connectivity index (χ2n) is 10.9. The molecule has 0 unspecified atom stereocenters. The molecule has 3 aromatic rings. The van der Waals surface area contributed by atoms with Crippen molar-refractivity contribution in [3.05, 3.63) is 64.8 Å². The van der Waals surface area contributed by atoms with Gasteiger partial charge in [-0.2, -0.15) is 0 Å². The quantitative estimate of drug-likeness (QED) is 0.362. The normalized spacial score (nSPS) is 18.2. The molecule has 0 atom stereocenters. The predicted octanol–water partition coefficient (Wildman–Crippen LogP) is 8.15. The van der Waals surface area contributed by atoms with E-state index in [1.807, 2.05) is 0 Å². The Morgan fingerprint density at radius 2 is 1.62 bits per heavy atom. The highest BCUT2D eigenvalue weighted by molar-refractivity contribution is 5.94. The zero-order chi connectivity index (χ0) is 23.1. The number of pyridine rings is 1. The molecular formula is C31H40N+. The van der Waals surface area contributed by atoms with Gasteiger partial charge >= 0.3 is 0 Å². The van der Waals surface area contributed by atoms with Crippen molar-refractivity contribution in [2.75, 3.05) is 0 Å². The molecule has 0 saturated heterocycles. The molecule has 2 aromatic carbocycles. The second kappa shape index (κ2) is 9.00. The minimum atomic E-state index is 0.590. The van der Waals surface area contributed by atoms with E-state index < -0.39 is 0 Å². The Balaban J connectivity index is 1.73. The van der Waals surface area contributed by atoms with Crippen LogP contribution >= 0.6 is 0 Å². The fourth-order valence-electron chi connectivity index (χ4n) is 6.44. The molecule has 2 aliphatic rings. The third-order valence-corrected chi connectivity index (χ3v) is 8.11. The van der Waals surface area contributed by atoms with Gasteiger partial charge in [-0.1, -0.05) is 57.7 Å². The van der Waals surface area contributed by atoms with Crippen LogP contribution in [0.15, 0.2) is 42.6 Å². The second-order valence-corrected chi connectivity index (χ2v) is 10.9. The summed E-state index contributed by atoms with van der Waals surface area (Å²) >= 11 is 0. The first kappa shape index (κ1) is 20.5. The standard InChI is InChI=1S/C31H40N/c1-21(2)17-23-13-14-28-26(18-23)15-16-32(4)31(28)30-20-27(24-9-5-6-10-24)19-29(22(30)3)25-11-7-8-12-25/h13-16,18-21,24-25H,5-12,17H2,1-4H3/q+1/i16D. The summed E-state index contributed by atoms with van der Waals surface area (Å²) in [4.78, 5) is 0. The van der Waals surface area contributed by atoms with Crippen molar-refractivity contribution in [3.63, 3.8) is 0 Å². The molecule has 0 aliphatic heterocycles. The topological polar surface area (TPSA) is 3.88 Å². The molecule has 32 heavy (non-hydrogen) atoms. The fraction of sp³-hybridized carbons (Fsp3) is 0.516. The lowest BCUT2D eigenvalue weighted by Crippen LogP contribution is -2.31. The molecule has 1 heterocycles. The molecule has 0 N–H and O–H groups in total. The first-order valence-corrected chi connectivity index (χ1v) is 13.0. The first-order chi connectivity index (χ1) is 15.9. The summed E-state index contributed by atoms with van der Waals surface area (Å²) in [5.74, 6) is 2.05. The van der Waals surface area contributed by atoms with Gasteiger partial charge < -0.3 is 0 Å². The van der Waals surface area contributed by atoms with Gasteiger partial charge in [0.15, 0.2) is 6.17 Å². The smallest absolute Gasteiger partial charge is 0.200 e. The lowest BCUT2D eigenvalue weighted by molar-refractivity contribution is -0.659. The molecule has 5 rings (SSSR count). The van der Waals surface area contributed by atoms with Crippen molar-refractivity contribution in [2.24, 2.45) is 13.0 Å². The van der Waals surface area contributed by atoms with Gasteiger partial charge in [0, 0.05) is 6.07 Å². The maximum absolute atomic E-state index is 8.78. The largest absolute Gasteiger partial charge is 0.220 e. The molecule has 2 saturated carbocycles. The molecule has 0 radical (unpaired) electrons. The van der Waals surface area contributed by atoms with Crippen molar-refractivity contribution in [2.45, 2.75) is 90.4 Å². The molecule has 0 amide bonds. The van der Waals surface area contributed by atoms with Crippen LogP contribution in [0.4, 0.5) is 0 Å². The van der Waals surface area contributed by atoms with Gasteiger partial charge in [-0.15, -0.1) is 0 Å². The van der Waals surface area contributed by atoms with Crippen molar-refractivity contribution in [1.82, 2.24) is 0 Å². The van der Waals surface area contributed by atoms with Gasteiger partial charge in [-0.05, 0) is 96.6 Å². The minimum Gasteiger partial charge on any atom is -0.200 e. The molecule has 1 nitrogen and oxygen atoms in total. The van der Waals surface area contributed by atoms with Crippen LogP contribution in [0.25, 0.3) is 22.0 Å². The molecule has 0 bridgehead atoms. The van der Waals surface area contributed by atoms with Crippen molar-refractivity contribution < 1.29 is 5.94 Å². The minimum absolute atomic E-state index is 0.590. The molecular weight excluding hydrogens is 386 g/mol. The first-order valence-electron chi connectivity index (χ1n) is 13.5. The van der Waals surface area contributed by atoms with Crippen molar-refractivity contribution in [3.8, 4) is 11.3 Å². The Morgan fingerprint density at radius 1 is 0.938 bits per heavy atom. The summed E-state index contributed by atoms with van der Waals surface area (Å²) in [6, 6.07) is 14.1. The Hall–Kier alpha value is -2.15. The number of fused-ring (bicyclic) bond motifs is 1. The van der Waals surface area contributed by atoms with Crippen LogP contribution in [0.1, 0.15) is 101 Å². The van der Waals surface area contributed by atoms with E-state index in [4.69, 9.17) is 1.37 Å². The highest BCUT2D eigenvalue weighted by atomic mass is 14.9. The highest BCUT2D eigenvalue weighted by Crippen LogP contribution is 2.43. The van der Waals surface area contributed by atoms with Gasteiger partial charge in [0.25, 0.3) is 0 Å². The number of benzene rings is 2. The van der Waals surface area contributed by atoms with Crippen LogP contribution in [0.5, 0.6) is 0 Å². The fourth-order valence-corrected chi connectivity index (χ4v) is 6.44. The number of hydrogen-bond acceptors (Lipinski definition) is 0. The predicted molar refractivity (Wildman–Crippen MR) is 136 cm³/mol. The van der Waals surface area contributed by atoms with E-state index >= 15 is 0 Å². The van der Waals surface area contributed by atoms with Crippen molar-refractivity contribution in [1.29, 1.82) is 0 Å². The summed E-state index contributed by atoms with van der Waals surface area (Å²) in [5.41, 5.74) is 8.55. The molecule has 0 spiro atoms. The van der Waals surface area contributed by atoms with Gasteiger partial charge in [0.1, 0.15) is 8.42 Å². The third-order valence-electron chi connectivity index (χ3n) is 8.11. The summed E-state index contributed by atoms with van der Waals surface area (Å²) in [6.45, 7) is 6.90. The summed E-state index contributed by atoms with van der Waals surface area (Å²) in [7, 11) is 2.08. The Morgan fingerprint density at radius 3 is 2.31 bits per heavy atom.